The molecule has 0 N–H and O–H groups in total. The first kappa shape index (κ1) is 10.2. The molecular weight excluding hydrogens is 204 g/mol. The van der Waals surface area contributed by atoms with E-state index in [1.807, 2.05) is 49.7 Å². The van der Waals surface area contributed by atoms with Crippen molar-refractivity contribution in [3.05, 3.63) is 42.2 Å². The lowest BCUT2D eigenvalue weighted by atomic mass is 10.2. The van der Waals surface area contributed by atoms with Crippen LogP contribution in [0.3, 0.4) is 0 Å². The van der Waals surface area contributed by atoms with Crippen molar-refractivity contribution in [2.75, 3.05) is 6.26 Å². The second kappa shape index (κ2) is 4.45. The molecule has 0 radical (unpaired) electrons. The summed E-state index contributed by atoms with van der Waals surface area (Å²) in [6.07, 6.45) is 3.84. The summed E-state index contributed by atoms with van der Waals surface area (Å²) in [7, 11) is 0. The van der Waals surface area contributed by atoms with Gasteiger partial charge in [0, 0.05) is 5.56 Å². The number of aromatic nitrogens is 2. The number of nitrogens with zero attached hydrogens (tertiary/aromatic N) is 2. The second-order valence-corrected chi connectivity index (χ2v) is 4.01. The zero-order valence-corrected chi connectivity index (χ0v) is 9.58. The molecule has 0 saturated heterocycles. The van der Waals surface area contributed by atoms with Crippen molar-refractivity contribution in [1.82, 2.24) is 9.97 Å². The fraction of sp³-hybridized carbons (Fsp3) is 0.167. The van der Waals surface area contributed by atoms with Gasteiger partial charge in [0.05, 0.1) is 17.6 Å². The van der Waals surface area contributed by atoms with E-state index in [0.29, 0.717) is 0 Å². The third-order valence-corrected chi connectivity index (χ3v) is 2.95. The fourth-order valence-corrected chi connectivity index (χ4v) is 1.92. The highest BCUT2D eigenvalue weighted by atomic mass is 32.2. The molecule has 0 saturated carbocycles. The molecule has 3 heteroatoms. The molecule has 2 aromatic rings. The third kappa shape index (κ3) is 2.18. The van der Waals surface area contributed by atoms with Crippen molar-refractivity contribution in [3.8, 4) is 11.3 Å². The number of hydrogen-bond donors (Lipinski definition) is 0. The summed E-state index contributed by atoms with van der Waals surface area (Å²) in [5.41, 5.74) is 3.04. The smallest absolute Gasteiger partial charge is 0.117 e. The first-order valence-corrected chi connectivity index (χ1v) is 5.97. The molecule has 0 aliphatic carbocycles. The van der Waals surface area contributed by atoms with E-state index in [0.717, 1.165) is 22.0 Å². The van der Waals surface area contributed by atoms with Crippen LogP contribution in [0.15, 0.2) is 41.6 Å². The van der Waals surface area contributed by atoms with E-state index in [4.69, 9.17) is 0 Å². The van der Waals surface area contributed by atoms with Crippen LogP contribution in [0.5, 0.6) is 0 Å². The average molecular weight is 216 g/mol. The number of aryl methyl sites for hydroxylation is 1. The van der Waals surface area contributed by atoms with Crippen LogP contribution in [-0.2, 0) is 0 Å². The number of rotatable bonds is 2. The molecule has 1 aromatic heterocycles. The molecule has 2 rings (SSSR count). The van der Waals surface area contributed by atoms with E-state index in [9.17, 15) is 0 Å². The number of benzene rings is 1. The van der Waals surface area contributed by atoms with Crippen LogP contribution in [0, 0.1) is 6.92 Å². The quantitative estimate of drug-likeness (QED) is 0.721. The summed E-state index contributed by atoms with van der Waals surface area (Å²) >= 11 is 1.63. The van der Waals surface area contributed by atoms with E-state index in [1.165, 1.54) is 0 Å². The fourth-order valence-electron chi connectivity index (χ4n) is 1.42. The number of thioether (sulfide) groups is 1. The Morgan fingerprint density at radius 1 is 1.13 bits per heavy atom. The van der Waals surface area contributed by atoms with Gasteiger partial charge in [0.2, 0.25) is 0 Å². The van der Waals surface area contributed by atoms with E-state index < -0.39 is 0 Å². The Bertz CT molecular complexity index is 454. The maximum atomic E-state index is 4.53. The highest BCUT2D eigenvalue weighted by molar-refractivity contribution is 7.98. The molecule has 0 unspecified atom stereocenters. The molecule has 15 heavy (non-hydrogen) atoms. The van der Waals surface area contributed by atoms with Crippen LogP contribution < -0.4 is 0 Å². The Hall–Kier alpha value is -1.35. The van der Waals surface area contributed by atoms with Gasteiger partial charge in [0.1, 0.15) is 5.03 Å². The molecule has 0 spiro atoms. The van der Waals surface area contributed by atoms with Crippen LogP contribution in [0.25, 0.3) is 11.3 Å². The summed E-state index contributed by atoms with van der Waals surface area (Å²) in [6.45, 7) is 1.99. The van der Waals surface area contributed by atoms with Crippen molar-refractivity contribution in [2.45, 2.75) is 11.9 Å². The van der Waals surface area contributed by atoms with Gasteiger partial charge >= 0.3 is 0 Å². The third-order valence-electron chi connectivity index (χ3n) is 2.16. The summed E-state index contributed by atoms with van der Waals surface area (Å²) in [6, 6.07) is 10.1. The van der Waals surface area contributed by atoms with Gasteiger partial charge in [-0.15, -0.1) is 11.8 Å². The second-order valence-electron chi connectivity index (χ2n) is 3.22. The maximum Gasteiger partial charge on any atom is 0.117 e. The zero-order valence-electron chi connectivity index (χ0n) is 8.77. The highest BCUT2D eigenvalue weighted by Gasteiger charge is 2.03. The summed E-state index contributed by atoms with van der Waals surface area (Å²) < 4.78 is 0. The average Bonchev–Trinajstić information content (AvgIpc) is 2.30. The Balaban J connectivity index is 2.43. The van der Waals surface area contributed by atoms with E-state index in [-0.39, 0.29) is 0 Å². The molecule has 1 aromatic carbocycles. The van der Waals surface area contributed by atoms with Gasteiger partial charge in [0.15, 0.2) is 0 Å². The summed E-state index contributed by atoms with van der Waals surface area (Å²) in [5, 5.41) is 0.995. The maximum absolute atomic E-state index is 4.53. The Labute approximate surface area is 93.8 Å². The lowest BCUT2D eigenvalue weighted by molar-refractivity contribution is 0.994. The number of hydrogen-bond acceptors (Lipinski definition) is 3. The first-order chi connectivity index (χ1) is 7.31. The lowest BCUT2D eigenvalue weighted by Crippen LogP contribution is -1.92. The minimum atomic E-state index is 0.936. The normalized spacial score (nSPS) is 10.3. The molecule has 0 fully saturated rings. The Kier molecular flexibility index (Phi) is 3.02. The minimum Gasteiger partial charge on any atom is -0.249 e. The molecule has 0 amide bonds. The molecule has 76 valence electrons. The topological polar surface area (TPSA) is 25.8 Å². The lowest BCUT2D eigenvalue weighted by Gasteiger charge is -2.04. The van der Waals surface area contributed by atoms with Gasteiger partial charge in [0.25, 0.3) is 0 Å². The monoisotopic (exact) mass is 216 g/mol. The molecule has 0 aliphatic heterocycles. The van der Waals surface area contributed by atoms with E-state index in [1.54, 1.807) is 11.8 Å². The first-order valence-electron chi connectivity index (χ1n) is 4.74. The molecule has 2 nitrogen and oxygen atoms in total. The Morgan fingerprint density at radius 2 is 1.87 bits per heavy atom. The molecule has 1 heterocycles. The van der Waals surface area contributed by atoms with Gasteiger partial charge in [-0.05, 0) is 13.2 Å². The molecule has 0 aliphatic rings. The van der Waals surface area contributed by atoms with Crippen LogP contribution in [0.1, 0.15) is 5.69 Å². The van der Waals surface area contributed by atoms with Crippen LogP contribution in [-0.4, -0.2) is 16.2 Å². The molecule has 0 atom stereocenters. The largest absolute Gasteiger partial charge is 0.249 e. The van der Waals surface area contributed by atoms with E-state index >= 15 is 0 Å². The van der Waals surface area contributed by atoms with Crippen molar-refractivity contribution < 1.29 is 0 Å². The summed E-state index contributed by atoms with van der Waals surface area (Å²) in [4.78, 5) is 8.90. The molecular formula is C12H12N2S. The predicted octanol–water partition coefficient (Wildman–Crippen LogP) is 3.17. The van der Waals surface area contributed by atoms with E-state index in [2.05, 4.69) is 9.97 Å². The van der Waals surface area contributed by atoms with Gasteiger partial charge in [-0.25, -0.2) is 9.97 Å². The standard InChI is InChI=1S/C12H12N2S/c1-9-12(15-2)13-8-11(14-9)10-6-4-3-5-7-10/h3-8H,1-2H3. The highest BCUT2D eigenvalue weighted by Crippen LogP contribution is 2.20. The van der Waals surface area contributed by atoms with Gasteiger partial charge in [-0.2, -0.15) is 0 Å². The van der Waals surface area contributed by atoms with Gasteiger partial charge < -0.3 is 0 Å². The van der Waals surface area contributed by atoms with Gasteiger partial charge in [-0.3, -0.25) is 0 Å². The van der Waals surface area contributed by atoms with Crippen LogP contribution >= 0.6 is 11.8 Å². The van der Waals surface area contributed by atoms with Crippen LogP contribution in [0.4, 0.5) is 0 Å². The van der Waals surface area contributed by atoms with Crippen molar-refractivity contribution in [2.24, 2.45) is 0 Å². The van der Waals surface area contributed by atoms with Crippen LogP contribution in [0.2, 0.25) is 0 Å². The SMILES string of the molecule is CSc1ncc(-c2ccccc2)nc1C. The minimum absolute atomic E-state index is 0.936. The Morgan fingerprint density at radius 3 is 2.47 bits per heavy atom. The molecule has 0 bridgehead atoms. The van der Waals surface area contributed by atoms with Crippen molar-refractivity contribution in [3.63, 3.8) is 0 Å². The van der Waals surface area contributed by atoms with Gasteiger partial charge in [-0.1, -0.05) is 30.3 Å². The predicted molar refractivity (Wildman–Crippen MR) is 64.0 cm³/mol. The van der Waals surface area contributed by atoms with Crippen molar-refractivity contribution in [1.29, 1.82) is 0 Å². The summed E-state index contributed by atoms with van der Waals surface area (Å²) in [5.74, 6) is 0. The van der Waals surface area contributed by atoms with Crippen molar-refractivity contribution >= 4 is 11.8 Å². The zero-order chi connectivity index (χ0) is 10.7.